The van der Waals surface area contributed by atoms with Crippen molar-refractivity contribution in [2.24, 2.45) is 0 Å². The SMILES string of the molecule is c1ccc(Oc2cccc(-c3cc(-c4ccccc4)cc(-c4ccc(-c5nc(-c6ccccc6)nc(-c6ccc(-c7ccccc7)c7oc8ccccc8c67)n5)cc4)c3)c2)cc1. The van der Waals surface area contributed by atoms with Crippen LogP contribution in [0.3, 0.4) is 0 Å². The van der Waals surface area contributed by atoms with Gasteiger partial charge in [0.2, 0.25) is 0 Å². The van der Waals surface area contributed by atoms with E-state index in [2.05, 4.69) is 109 Å². The highest BCUT2D eigenvalue weighted by Crippen LogP contribution is 2.42. The first-order chi connectivity index (χ1) is 30.7. The predicted octanol–water partition coefficient (Wildman–Crippen LogP) is 15.2. The smallest absolute Gasteiger partial charge is 0.164 e. The maximum atomic E-state index is 6.61. The van der Waals surface area contributed by atoms with E-state index in [-0.39, 0.29) is 0 Å². The van der Waals surface area contributed by atoms with Crippen LogP contribution in [0.4, 0.5) is 0 Å². The van der Waals surface area contributed by atoms with Gasteiger partial charge in [-0.3, -0.25) is 0 Å². The van der Waals surface area contributed by atoms with Crippen LogP contribution in [0, 0.1) is 0 Å². The van der Waals surface area contributed by atoms with Crippen molar-refractivity contribution in [3.63, 3.8) is 0 Å². The van der Waals surface area contributed by atoms with Crippen molar-refractivity contribution in [3.05, 3.63) is 224 Å². The predicted molar refractivity (Wildman–Crippen MR) is 252 cm³/mol. The van der Waals surface area contributed by atoms with Gasteiger partial charge in [-0.25, -0.2) is 15.0 Å². The molecule has 0 saturated carbocycles. The van der Waals surface area contributed by atoms with Gasteiger partial charge >= 0.3 is 0 Å². The van der Waals surface area contributed by atoms with Gasteiger partial charge in [-0.15, -0.1) is 0 Å². The lowest BCUT2D eigenvalue weighted by atomic mass is 9.93. The van der Waals surface area contributed by atoms with Crippen LogP contribution in [-0.2, 0) is 0 Å². The second kappa shape index (κ2) is 16.0. The lowest BCUT2D eigenvalue weighted by molar-refractivity contribution is 0.483. The van der Waals surface area contributed by atoms with Crippen LogP contribution in [0.25, 0.3) is 101 Å². The molecular formula is C57H37N3O2. The Morgan fingerprint density at radius 3 is 1.45 bits per heavy atom. The van der Waals surface area contributed by atoms with Gasteiger partial charge in [0.05, 0.1) is 0 Å². The van der Waals surface area contributed by atoms with Gasteiger partial charge in [-0.1, -0.05) is 164 Å². The van der Waals surface area contributed by atoms with Crippen molar-refractivity contribution >= 4 is 21.9 Å². The summed E-state index contributed by atoms with van der Waals surface area (Å²) in [5.41, 5.74) is 13.0. The van der Waals surface area contributed by atoms with E-state index in [1.807, 2.05) is 115 Å². The fourth-order valence-corrected chi connectivity index (χ4v) is 8.14. The number of hydrogen-bond donors (Lipinski definition) is 0. The average molecular weight is 796 g/mol. The van der Waals surface area contributed by atoms with Crippen molar-refractivity contribution in [2.45, 2.75) is 0 Å². The Morgan fingerprint density at radius 2 is 0.774 bits per heavy atom. The zero-order valence-electron chi connectivity index (χ0n) is 33.5. The summed E-state index contributed by atoms with van der Waals surface area (Å²) in [5, 5.41) is 1.98. The van der Waals surface area contributed by atoms with E-state index in [0.717, 1.165) is 94.6 Å². The highest BCUT2D eigenvalue weighted by molar-refractivity contribution is 6.15. The lowest BCUT2D eigenvalue weighted by Crippen LogP contribution is -2.00. The summed E-state index contributed by atoms with van der Waals surface area (Å²) >= 11 is 0. The number of para-hydroxylation sites is 2. The van der Waals surface area contributed by atoms with E-state index in [1.165, 1.54) is 0 Å². The van der Waals surface area contributed by atoms with Gasteiger partial charge in [0.25, 0.3) is 0 Å². The Morgan fingerprint density at radius 1 is 0.306 bits per heavy atom. The standard InChI is InChI=1S/C57H37N3O2/c1-5-16-38(17-6-1)44-34-45(36-46(35-44)43-22-15-25-48(37-43)61-47-23-11-4-12-24-47)39-28-30-42(31-29-39)56-58-55(41-20-9-3-10-21-41)59-57(60-56)51-33-32-49(40-18-7-2-8-19-40)54-53(51)50-26-13-14-27-52(50)62-54/h1-37H. The first kappa shape index (κ1) is 36.7. The molecule has 292 valence electrons. The Kier molecular flexibility index (Phi) is 9.45. The Bertz CT molecular complexity index is 3350. The molecule has 0 bridgehead atoms. The zero-order chi connectivity index (χ0) is 41.2. The molecule has 0 aliphatic rings. The Balaban J connectivity index is 1.02. The number of nitrogens with zero attached hydrogens (tertiary/aromatic N) is 3. The molecule has 9 aromatic carbocycles. The molecule has 0 saturated heterocycles. The van der Waals surface area contributed by atoms with Crippen LogP contribution in [0.2, 0.25) is 0 Å². The maximum absolute atomic E-state index is 6.61. The fourth-order valence-electron chi connectivity index (χ4n) is 8.14. The van der Waals surface area contributed by atoms with Crippen LogP contribution < -0.4 is 4.74 Å². The second-order valence-corrected chi connectivity index (χ2v) is 15.2. The average Bonchev–Trinajstić information content (AvgIpc) is 3.75. The van der Waals surface area contributed by atoms with Crippen LogP contribution in [-0.4, -0.2) is 15.0 Å². The van der Waals surface area contributed by atoms with Crippen molar-refractivity contribution < 1.29 is 9.15 Å². The maximum Gasteiger partial charge on any atom is 0.164 e. The summed E-state index contributed by atoms with van der Waals surface area (Å²) in [6.07, 6.45) is 0. The topological polar surface area (TPSA) is 61.0 Å². The van der Waals surface area contributed by atoms with E-state index in [4.69, 9.17) is 24.1 Å². The molecule has 5 nitrogen and oxygen atoms in total. The minimum atomic E-state index is 0.577. The van der Waals surface area contributed by atoms with Crippen LogP contribution in [0.15, 0.2) is 229 Å². The minimum Gasteiger partial charge on any atom is -0.457 e. The first-order valence-corrected chi connectivity index (χ1v) is 20.7. The molecule has 0 atom stereocenters. The highest BCUT2D eigenvalue weighted by Gasteiger charge is 2.21. The molecule has 0 unspecified atom stereocenters. The van der Waals surface area contributed by atoms with Crippen LogP contribution >= 0.6 is 0 Å². The van der Waals surface area contributed by atoms with Gasteiger partial charge < -0.3 is 9.15 Å². The molecule has 62 heavy (non-hydrogen) atoms. The summed E-state index contributed by atoms with van der Waals surface area (Å²) in [5.74, 6) is 3.34. The Labute approximate surface area is 359 Å². The summed E-state index contributed by atoms with van der Waals surface area (Å²) in [6.45, 7) is 0. The summed E-state index contributed by atoms with van der Waals surface area (Å²) in [7, 11) is 0. The van der Waals surface area contributed by atoms with Crippen molar-refractivity contribution in [3.8, 4) is 90.2 Å². The first-order valence-electron chi connectivity index (χ1n) is 20.7. The number of benzene rings is 9. The number of furan rings is 1. The van der Waals surface area contributed by atoms with Gasteiger partial charge in [-0.2, -0.15) is 0 Å². The molecule has 2 heterocycles. The van der Waals surface area contributed by atoms with E-state index < -0.39 is 0 Å². The number of hydrogen-bond acceptors (Lipinski definition) is 5. The summed E-state index contributed by atoms with van der Waals surface area (Å²) in [6, 6.07) is 76.7. The Hall–Kier alpha value is -8.41. The number of ether oxygens (including phenoxy) is 1. The summed E-state index contributed by atoms with van der Waals surface area (Å²) < 4.78 is 12.8. The third-order valence-corrected chi connectivity index (χ3v) is 11.2. The zero-order valence-corrected chi connectivity index (χ0v) is 33.5. The quantitative estimate of drug-likeness (QED) is 0.146. The van der Waals surface area contributed by atoms with Crippen molar-refractivity contribution in [2.75, 3.05) is 0 Å². The second-order valence-electron chi connectivity index (χ2n) is 15.2. The van der Waals surface area contributed by atoms with Crippen molar-refractivity contribution in [1.82, 2.24) is 15.0 Å². The normalized spacial score (nSPS) is 11.2. The molecule has 2 aromatic heterocycles. The molecule has 0 aliphatic heterocycles. The van der Waals surface area contributed by atoms with Gasteiger partial charge in [-0.05, 0) is 99.6 Å². The molecule has 0 radical (unpaired) electrons. The fraction of sp³-hybridized carbons (Fsp3) is 0. The van der Waals surface area contributed by atoms with Crippen LogP contribution in [0.5, 0.6) is 11.5 Å². The molecule has 11 rings (SSSR count). The van der Waals surface area contributed by atoms with E-state index in [0.29, 0.717) is 17.5 Å². The van der Waals surface area contributed by atoms with E-state index in [1.54, 1.807) is 0 Å². The summed E-state index contributed by atoms with van der Waals surface area (Å²) in [4.78, 5) is 15.4. The molecule has 0 spiro atoms. The highest BCUT2D eigenvalue weighted by atomic mass is 16.5. The molecule has 0 fully saturated rings. The third kappa shape index (κ3) is 7.18. The largest absolute Gasteiger partial charge is 0.457 e. The lowest BCUT2D eigenvalue weighted by Gasteiger charge is -2.13. The van der Waals surface area contributed by atoms with Gasteiger partial charge in [0.15, 0.2) is 17.5 Å². The van der Waals surface area contributed by atoms with E-state index in [9.17, 15) is 0 Å². The third-order valence-electron chi connectivity index (χ3n) is 11.2. The van der Waals surface area contributed by atoms with Crippen molar-refractivity contribution in [1.29, 1.82) is 0 Å². The van der Waals surface area contributed by atoms with Gasteiger partial charge in [0, 0.05) is 33.0 Å². The van der Waals surface area contributed by atoms with Crippen LogP contribution in [0.1, 0.15) is 0 Å². The van der Waals surface area contributed by atoms with E-state index >= 15 is 0 Å². The molecule has 5 heteroatoms. The molecule has 0 amide bonds. The minimum absolute atomic E-state index is 0.577. The monoisotopic (exact) mass is 795 g/mol. The number of fused-ring (bicyclic) bond motifs is 3. The molecule has 0 N–H and O–H groups in total. The molecular weight excluding hydrogens is 759 g/mol. The molecule has 0 aliphatic carbocycles. The van der Waals surface area contributed by atoms with Gasteiger partial charge in [0.1, 0.15) is 22.7 Å². The molecule has 11 aromatic rings. The number of aromatic nitrogens is 3. The number of rotatable bonds is 9.